The highest BCUT2D eigenvalue weighted by atomic mass is 19.4. The van der Waals surface area contributed by atoms with Crippen molar-refractivity contribution in [2.24, 2.45) is 28.9 Å². The zero-order chi connectivity index (χ0) is 23.5. The number of carbonyl (C=O) groups excluding carboxylic acids is 2. The Kier molecular flexibility index (Phi) is 5.15. The molecule has 3 fully saturated rings. The van der Waals surface area contributed by atoms with Gasteiger partial charge in [0.25, 0.3) is 0 Å². The smallest absolute Gasteiger partial charge is 0.408 e. The topological polar surface area (TPSA) is 112 Å². The van der Waals surface area contributed by atoms with Crippen LogP contribution in [0.25, 0.3) is 5.65 Å². The van der Waals surface area contributed by atoms with Crippen LogP contribution in [-0.2, 0) is 20.7 Å². The zero-order valence-corrected chi connectivity index (χ0v) is 18.1. The van der Waals surface area contributed by atoms with Gasteiger partial charge < -0.3 is 15.8 Å². The summed E-state index contributed by atoms with van der Waals surface area (Å²) in [5.41, 5.74) is 6.13. The van der Waals surface area contributed by atoms with Crippen molar-refractivity contribution in [3.63, 3.8) is 0 Å². The molecule has 0 aromatic carbocycles. The van der Waals surface area contributed by atoms with Gasteiger partial charge in [0.15, 0.2) is 11.1 Å². The second-order valence-corrected chi connectivity index (χ2v) is 9.59. The van der Waals surface area contributed by atoms with E-state index in [1.165, 1.54) is 30.2 Å². The van der Waals surface area contributed by atoms with E-state index in [1.807, 2.05) is 5.32 Å². The highest BCUT2D eigenvalue weighted by Crippen LogP contribution is 2.53. The van der Waals surface area contributed by atoms with Gasteiger partial charge in [0.1, 0.15) is 6.04 Å². The summed E-state index contributed by atoms with van der Waals surface area (Å²) < 4.78 is 46.0. The minimum Gasteiger partial charge on any atom is -0.468 e. The van der Waals surface area contributed by atoms with E-state index in [0.29, 0.717) is 23.4 Å². The molecule has 2 saturated carbocycles. The van der Waals surface area contributed by atoms with Gasteiger partial charge >= 0.3 is 12.1 Å². The fraction of sp³-hybridized carbons (Fsp3) is 0.636. The summed E-state index contributed by atoms with van der Waals surface area (Å²) in [4.78, 5) is 29.6. The predicted octanol–water partition coefficient (Wildman–Crippen LogP) is 2.32. The van der Waals surface area contributed by atoms with E-state index < -0.39 is 35.9 Å². The molecule has 2 aliphatic carbocycles. The first-order chi connectivity index (χ1) is 15.6. The van der Waals surface area contributed by atoms with Crippen molar-refractivity contribution in [1.29, 1.82) is 0 Å². The van der Waals surface area contributed by atoms with E-state index in [9.17, 15) is 22.8 Å². The van der Waals surface area contributed by atoms with Crippen LogP contribution in [0, 0.1) is 23.2 Å². The van der Waals surface area contributed by atoms with E-state index in [1.54, 1.807) is 18.3 Å². The van der Waals surface area contributed by atoms with Crippen molar-refractivity contribution in [3.8, 4) is 0 Å². The zero-order valence-electron chi connectivity index (χ0n) is 18.1. The average Bonchev–Trinajstić information content (AvgIpc) is 3.70. The van der Waals surface area contributed by atoms with Crippen LogP contribution in [0.4, 0.5) is 13.2 Å². The molecule has 3 atom stereocenters. The Morgan fingerprint density at radius 2 is 1.97 bits per heavy atom. The van der Waals surface area contributed by atoms with Gasteiger partial charge in [-0.2, -0.15) is 18.3 Å². The summed E-state index contributed by atoms with van der Waals surface area (Å²) >= 11 is 0. The number of amides is 1. The van der Waals surface area contributed by atoms with Crippen molar-refractivity contribution in [1.82, 2.24) is 19.9 Å². The summed E-state index contributed by atoms with van der Waals surface area (Å²) in [6, 6.07) is 0.911. The molecule has 0 radical (unpaired) electrons. The number of alkyl halides is 3. The molecule has 1 unspecified atom stereocenters. The first-order valence-electron chi connectivity index (χ1n) is 11.2. The molecular weight excluding hydrogens is 439 g/mol. The summed E-state index contributed by atoms with van der Waals surface area (Å²) in [6.45, 7) is 0. The van der Waals surface area contributed by atoms with Crippen molar-refractivity contribution >= 4 is 17.5 Å². The lowest BCUT2D eigenvalue weighted by atomic mass is 9.80. The summed E-state index contributed by atoms with van der Waals surface area (Å²) in [6.07, 6.45) is 0.786. The number of esters is 1. The minimum absolute atomic E-state index is 0.204. The quantitative estimate of drug-likeness (QED) is 0.480. The Labute approximate surface area is 188 Å². The highest BCUT2D eigenvalue weighted by Gasteiger charge is 2.60. The number of carbonyl (C=O) groups is 2. The van der Waals surface area contributed by atoms with E-state index in [0.717, 1.165) is 12.8 Å². The van der Waals surface area contributed by atoms with Gasteiger partial charge in [0, 0.05) is 12.8 Å². The van der Waals surface area contributed by atoms with Gasteiger partial charge in [0.2, 0.25) is 5.91 Å². The van der Waals surface area contributed by atoms with Crippen molar-refractivity contribution < 1.29 is 27.5 Å². The van der Waals surface area contributed by atoms with Crippen LogP contribution in [0.3, 0.4) is 0 Å². The molecule has 8 nitrogen and oxygen atoms in total. The van der Waals surface area contributed by atoms with Crippen molar-refractivity contribution in [3.05, 3.63) is 29.7 Å². The van der Waals surface area contributed by atoms with E-state index in [2.05, 4.69) is 10.1 Å². The third-order valence-electron chi connectivity index (χ3n) is 7.23. The predicted molar refractivity (Wildman–Crippen MR) is 110 cm³/mol. The summed E-state index contributed by atoms with van der Waals surface area (Å²) in [7, 11) is 1.05. The van der Waals surface area contributed by atoms with Crippen LogP contribution in [0.5, 0.6) is 0 Å². The Bertz CT molecular complexity index is 1080. The van der Waals surface area contributed by atoms with Gasteiger partial charge in [-0.15, -0.1) is 0 Å². The van der Waals surface area contributed by atoms with E-state index in [-0.39, 0.29) is 18.2 Å². The lowest BCUT2D eigenvalue weighted by Crippen LogP contribution is -2.42. The molecule has 11 heteroatoms. The minimum atomic E-state index is -4.67. The monoisotopic (exact) mass is 465 g/mol. The van der Waals surface area contributed by atoms with Crippen LogP contribution in [0.15, 0.2) is 18.3 Å². The maximum atomic E-state index is 13.3. The van der Waals surface area contributed by atoms with E-state index in [4.69, 9.17) is 10.5 Å². The molecule has 0 bridgehead atoms. The fourth-order valence-corrected chi connectivity index (χ4v) is 5.22. The number of imidazole rings is 1. The second-order valence-electron chi connectivity index (χ2n) is 9.59. The number of ether oxygens (including phenoxy) is 1. The molecule has 3 aliphatic rings. The first-order valence-corrected chi connectivity index (χ1v) is 11.2. The van der Waals surface area contributed by atoms with Gasteiger partial charge in [-0.3, -0.25) is 9.59 Å². The molecule has 3 N–H and O–H groups in total. The number of aromatic nitrogens is 3. The average molecular weight is 465 g/mol. The lowest BCUT2D eigenvalue weighted by Gasteiger charge is -2.23. The molecular formula is C22H26F3N5O3. The van der Waals surface area contributed by atoms with Crippen LogP contribution in [0.2, 0.25) is 0 Å². The number of methoxy groups -OCH3 is 1. The van der Waals surface area contributed by atoms with Crippen molar-refractivity contribution in [2.75, 3.05) is 7.11 Å². The van der Waals surface area contributed by atoms with Crippen LogP contribution < -0.4 is 11.1 Å². The fourth-order valence-electron chi connectivity index (χ4n) is 5.22. The molecule has 33 heavy (non-hydrogen) atoms. The number of nitrogens with zero attached hydrogens (tertiary/aromatic N) is 3. The third kappa shape index (κ3) is 3.96. The maximum absolute atomic E-state index is 13.3. The summed E-state index contributed by atoms with van der Waals surface area (Å²) in [5.74, 6) is -0.341. The standard InChI is InChI=1S/C22H26F3N5O3/c1-33-20(32)21(9-15(22(23,24)25)28-19(21)31)8-13-6-7-16-27-14(10-30(16)29-13)18(26)17(11-2-3-11)12-4-5-12/h6-7,10-12,15,17-18H,2-5,8-9,26H2,1H3,(H,28,31)/t15-,18+,21?/m0/s1. The van der Waals surface area contributed by atoms with Crippen LogP contribution in [0.1, 0.15) is 49.5 Å². The van der Waals surface area contributed by atoms with Crippen LogP contribution in [-0.4, -0.2) is 45.8 Å². The Hall–Kier alpha value is -2.69. The molecule has 178 valence electrons. The number of hydrogen-bond donors (Lipinski definition) is 2. The number of halogens is 3. The molecule has 5 rings (SSSR count). The van der Waals surface area contributed by atoms with Gasteiger partial charge in [0.05, 0.1) is 30.7 Å². The Morgan fingerprint density at radius 3 is 2.52 bits per heavy atom. The largest absolute Gasteiger partial charge is 0.468 e. The van der Waals surface area contributed by atoms with Crippen LogP contribution >= 0.6 is 0 Å². The number of hydrogen-bond acceptors (Lipinski definition) is 6. The number of rotatable bonds is 7. The third-order valence-corrected chi connectivity index (χ3v) is 7.23. The number of nitrogens with one attached hydrogen (secondary N) is 1. The lowest BCUT2D eigenvalue weighted by molar-refractivity contribution is -0.160. The van der Waals surface area contributed by atoms with Gasteiger partial charge in [-0.25, -0.2) is 9.50 Å². The van der Waals surface area contributed by atoms with Gasteiger partial charge in [-0.1, -0.05) is 0 Å². The first kappa shape index (κ1) is 22.1. The molecule has 1 amide bonds. The molecule has 1 saturated heterocycles. The number of nitrogens with two attached hydrogens (primary N) is 1. The summed E-state index contributed by atoms with van der Waals surface area (Å²) in [5, 5.41) is 6.33. The van der Waals surface area contributed by atoms with Crippen molar-refractivity contribution in [2.45, 2.75) is 56.8 Å². The second kappa shape index (κ2) is 7.68. The number of fused-ring (bicyclic) bond motifs is 1. The molecule has 1 aliphatic heterocycles. The Morgan fingerprint density at radius 1 is 1.30 bits per heavy atom. The molecule has 3 heterocycles. The maximum Gasteiger partial charge on any atom is 0.408 e. The van der Waals surface area contributed by atoms with Gasteiger partial charge in [-0.05, 0) is 55.6 Å². The van der Waals surface area contributed by atoms with E-state index >= 15 is 0 Å². The normalized spacial score (nSPS) is 26.6. The molecule has 0 spiro atoms. The molecule has 2 aromatic heterocycles. The SMILES string of the molecule is COC(=O)C1(Cc2ccc3nc([C@@H](N)C(C4CC4)C4CC4)cn3n2)C[C@@H](C(F)(F)F)NC1=O. The highest BCUT2D eigenvalue weighted by molar-refractivity contribution is 6.04. The molecule has 2 aromatic rings. The Balaban J connectivity index is 1.42.